The van der Waals surface area contributed by atoms with Gasteiger partial charge in [-0.05, 0) is 55.3 Å². The molecule has 0 radical (unpaired) electrons. The Kier molecular flexibility index (Phi) is 8.25. The summed E-state index contributed by atoms with van der Waals surface area (Å²) in [6, 6.07) is 15.3. The van der Waals surface area contributed by atoms with Crippen LogP contribution in [0.3, 0.4) is 0 Å². The van der Waals surface area contributed by atoms with Crippen LogP contribution in [0, 0.1) is 11.3 Å². The summed E-state index contributed by atoms with van der Waals surface area (Å²) in [6.45, 7) is 3.05. The minimum Gasteiger partial charge on any atom is -0.460 e. The molecule has 0 spiro atoms. The lowest BCUT2D eigenvalue weighted by atomic mass is 9.94. The number of nitriles is 1. The Bertz CT molecular complexity index is 1240. The van der Waals surface area contributed by atoms with Gasteiger partial charge in [-0.2, -0.15) is 5.26 Å². The van der Waals surface area contributed by atoms with E-state index in [0.717, 1.165) is 29.4 Å². The molecule has 1 saturated heterocycles. The number of ether oxygens (including phenoxy) is 2. The predicted octanol–water partition coefficient (Wildman–Crippen LogP) is 4.52. The van der Waals surface area contributed by atoms with Crippen LogP contribution in [0.4, 0.5) is 16.2 Å². The number of anilines is 2. The van der Waals surface area contributed by atoms with Crippen LogP contribution in [0.15, 0.2) is 64.8 Å². The van der Waals surface area contributed by atoms with Gasteiger partial charge in [-0.15, -0.1) is 0 Å². The van der Waals surface area contributed by atoms with E-state index in [1.54, 1.807) is 49.2 Å². The number of hydrogen-bond donors (Lipinski definition) is 2. The van der Waals surface area contributed by atoms with Crippen molar-refractivity contribution in [3.63, 3.8) is 0 Å². The summed E-state index contributed by atoms with van der Waals surface area (Å²) in [5.74, 6) is 0.546. The summed E-state index contributed by atoms with van der Waals surface area (Å²) in [5.41, 5.74) is 3.62. The number of nitrogens with one attached hydrogen (secondary N) is 2. The van der Waals surface area contributed by atoms with E-state index >= 15 is 0 Å². The quantitative estimate of drug-likeness (QED) is 0.420. The molecule has 2 heterocycles. The van der Waals surface area contributed by atoms with Crippen molar-refractivity contribution in [2.45, 2.75) is 19.4 Å². The molecular formula is C26H27N5O4S. The van der Waals surface area contributed by atoms with Gasteiger partial charge in [-0.1, -0.05) is 23.9 Å². The molecule has 2 N–H and O–H groups in total. The van der Waals surface area contributed by atoms with Gasteiger partial charge in [-0.3, -0.25) is 0 Å². The van der Waals surface area contributed by atoms with E-state index in [1.807, 2.05) is 31.2 Å². The molecular weight excluding hydrogens is 478 g/mol. The molecule has 2 amide bonds. The highest BCUT2D eigenvalue weighted by Crippen LogP contribution is 2.40. The highest BCUT2D eigenvalue weighted by atomic mass is 32.2. The van der Waals surface area contributed by atoms with Gasteiger partial charge in [0.25, 0.3) is 0 Å². The molecule has 0 aromatic heterocycles. The maximum Gasteiger partial charge on any atom is 0.338 e. The highest BCUT2D eigenvalue weighted by Gasteiger charge is 2.38. The fourth-order valence-electron chi connectivity index (χ4n) is 4.08. The highest BCUT2D eigenvalue weighted by molar-refractivity contribution is 8.13. The number of aliphatic imine (C=N–C) groups is 1. The van der Waals surface area contributed by atoms with Crippen LogP contribution in [0.2, 0.25) is 0 Å². The minimum absolute atomic E-state index is 0.154. The Morgan fingerprint density at radius 3 is 2.69 bits per heavy atom. The monoisotopic (exact) mass is 505 g/mol. The zero-order valence-corrected chi connectivity index (χ0v) is 20.9. The summed E-state index contributed by atoms with van der Waals surface area (Å²) in [6.07, 6.45) is 0.968. The van der Waals surface area contributed by atoms with E-state index in [1.165, 1.54) is 0 Å². The molecule has 2 aromatic carbocycles. The van der Waals surface area contributed by atoms with Gasteiger partial charge < -0.3 is 25.0 Å². The number of fused-ring (bicyclic) bond motifs is 1. The van der Waals surface area contributed by atoms with Crippen LogP contribution >= 0.6 is 11.8 Å². The van der Waals surface area contributed by atoms with E-state index in [-0.39, 0.29) is 12.6 Å². The number of urea groups is 1. The van der Waals surface area contributed by atoms with Gasteiger partial charge in [0.2, 0.25) is 0 Å². The third kappa shape index (κ3) is 5.87. The second-order valence-electron chi connectivity index (χ2n) is 8.21. The number of methoxy groups -OCH3 is 1. The van der Waals surface area contributed by atoms with Crippen LogP contribution < -0.4 is 10.6 Å². The van der Waals surface area contributed by atoms with E-state index in [2.05, 4.69) is 15.5 Å². The zero-order valence-electron chi connectivity index (χ0n) is 20.1. The van der Waals surface area contributed by atoms with Crippen LogP contribution in [-0.2, 0) is 14.3 Å². The van der Waals surface area contributed by atoms with Crippen molar-refractivity contribution < 1.29 is 19.1 Å². The summed E-state index contributed by atoms with van der Waals surface area (Å²) in [7, 11) is 1.55. The minimum atomic E-state index is -0.426. The van der Waals surface area contributed by atoms with Crippen molar-refractivity contribution in [3.05, 3.63) is 70.9 Å². The second-order valence-corrected chi connectivity index (χ2v) is 9.28. The van der Waals surface area contributed by atoms with Crippen LogP contribution in [0.25, 0.3) is 0 Å². The second kappa shape index (κ2) is 11.7. The van der Waals surface area contributed by atoms with Crippen molar-refractivity contribution >= 4 is 40.3 Å². The fraction of sp³-hybridized carbons (Fsp3) is 0.308. The van der Waals surface area contributed by atoms with Crippen molar-refractivity contribution in [2.24, 2.45) is 4.99 Å². The molecule has 4 rings (SSSR count). The largest absolute Gasteiger partial charge is 0.460 e. The van der Waals surface area contributed by atoms with Crippen LogP contribution in [-0.4, -0.2) is 54.7 Å². The third-order valence-electron chi connectivity index (χ3n) is 5.73. The lowest BCUT2D eigenvalue weighted by molar-refractivity contribution is -0.141. The SMILES string of the molecule is COCCOC(=O)C1=C(C)N=C2SCCCN2C1c1cccc(NC(=O)Nc2ccc(C#N)cc2)c1. The molecule has 1 fully saturated rings. The fourth-order valence-corrected chi connectivity index (χ4v) is 5.10. The Hall–Kier alpha value is -3.81. The average molecular weight is 506 g/mol. The molecule has 1 unspecified atom stereocenters. The van der Waals surface area contributed by atoms with E-state index in [0.29, 0.717) is 34.8 Å². The normalized spacial score (nSPS) is 17.0. The Morgan fingerprint density at radius 1 is 1.17 bits per heavy atom. The maximum atomic E-state index is 13.1. The molecule has 0 saturated carbocycles. The van der Waals surface area contributed by atoms with Gasteiger partial charge in [0.1, 0.15) is 6.61 Å². The molecule has 36 heavy (non-hydrogen) atoms. The average Bonchev–Trinajstić information content (AvgIpc) is 2.88. The summed E-state index contributed by atoms with van der Waals surface area (Å²) >= 11 is 1.67. The first-order valence-electron chi connectivity index (χ1n) is 11.5. The van der Waals surface area contributed by atoms with Crippen LogP contribution in [0.5, 0.6) is 0 Å². The molecule has 0 bridgehead atoms. The maximum absolute atomic E-state index is 13.1. The first-order valence-corrected chi connectivity index (χ1v) is 12.5. The predicted molar refractivity (Wildman–Crippen MR) is 140 cm³/mol. The molecule has 2 aliphatic heterocycles. The summed E-state index contributed by atoms with van der Waals surface area (Å²) in [5, 5.41) is 15.4. The standard InChI is InChI=1S/C26H27N5O4S/c1-17-22(24(32)35-13-12-34-2)23(31-11-4-14-36-26(31)28-17)19-5-3-6-21(15-19)30-25(33)29-20-9-7-18(16-27)8-10-20/h3,5-10,15,23H,4,11-14H2,1-2H3,(H2,29,30,33). The number of hydrogen-bond acceptors (Lipinski definition) is 8. The van der Waals surface area contributed by atoms with Crippen molar-refractivity contribution in [1.29, 1.82) is 5.26 Å². The van der Waals surface area contributed by atoms with Gasteiger partial charge in [0.05, 0.1) is 35.6 Å². The lowest BCUT2D eigenvalue weighted by Crippen LogP contribution is -2.42. The number of amides is 2. The van der Waals surface area contributed by atoms with E-state index in [9.17, 15) is 9.59 Å². The first kappa shape index (κ1) is 25.3. The van der Waals surface area contributed by atoms with Gasteiger partial charge in [0, 0.05) is 30.8 Å². The Morgan fingerprint density at radius 2 is 1.94 bits per heavy atom. The molecule has 0 aliphatic carbocycles. The molecule has 10 heteroatoms. The molecule has 186 valence electrons. The molecule has 2 aliphatic rings. The summed E-state index contributed by atoms with van der Waals surface area (Å²) in [4.78, 5) is 32.5. The Balaban J connectivity index is 1.57. The van der Waals surface area contributed by atoms with Crippen LogP contribution in [0.1, 0.15) is 30.5 Å². The van der Waals surface area contributed by atoms with Gasteiger partial charge in [-0.25, -0.2) is 14.6 Å². The number of amidine groups is 1. The van der Waals surface area contributed by atoms with Gasteiger partial charge >= 0.3 is 12.0 Å². The number of rotatable bonds is 7. The molecule has 1 atom stereocenters. The third-order valence-corrected chi connectivity index (χ3v) is 6.81. The molecule has 2 aromatic rings. The first-order chi connectivity index (χ1) is 17.5. The van der Waals surface area contributed by atoms with Crippen molar-refractivity contribution in [3.8, 4) is 6.07 Å². The van der Waals surface area contributed by atoms with Gasteiger partial charge in [0.15, 0.2) is 5.17 Å². The number of benzene rings is 2. The van der Waals surface area contributed by atoms with E-state index < -0.39 is 12.0 Å². The summed E-state index contributed by atoms with van der Waals surface area (Å²) < 4.78 is 10.5. The number of carbonyl (C=O) groups is 2. The number of nitrogens with zero attached hydrogens (tertiary/aromatic N) is 3. The lowest BCUT2D eigenvalue weighted by Gasteiger charge is -2.40. The topological polar surface area (TPSA) is 116 Å². The number of allylic oxidation sites excluding steroid dienone is 1. The van der Waals surface area contributed by atoms with E-state index in [4.69, 9.17) is 19.7 Å². The number of thioether (sulfide) groups is 1. The Labute approximate surface area is 214 Å². The number of carbonyl (C=O) groups excluding carboxylic acids is 2. The smallest absolute Gasteiger partial charge is 0.338 e. The zero-order chi connectivity index (χ0) is 25.5. The molecule has 9 nitrogen and oxygen atoms in total. The number of esters is 1. The van der Waals surface area contributed by atoms with Crippen molar-refractivity contribution in [1.82, 2.24) is 4.90 Å². The van der Waals surface area contributed by atoms with Crippen molar-refractivity contribution in [2.75, 3.05) is 43.3 Å².